The molecule has 0 saturated carbocycles. The van der Waals surface area contributed by atoms with Crippen molar-refractivity contribution in [3.05, 3.63) is 0 Å². The smallest absolute Gasteiger partial charge is 0.246 e. The molecule has 0 spiro atoms. The zero-order valence-corrected chi connectivity index (χ0v) is 12.0. The van der Waals surface area contributed by atoms with Gasteiger partial charge in [-0.15, -0.1) is 0 Å². The number of likely N-dealkylation sites (tertiary alicyclic amines) is 1. The Labute approximate surface area is 110 Å². The van der Waals surface area contributed by atoms with E-state index in [1.54, 1.807) is 0 Å². The van der Waals surface area contributed by atoms with Gasteiger partial charge >= 0.3 is 0 Å². The first-order valence-electron chi connectivity index (χ1n) is 6.73. The lowest BCUT2D eigenvalue weighted by Crippen LogP contribution is -2.47. The molecule has 18 heavy (non-hydrogen) atoms. The van der Waals surface area contributed by atoms with Crippen LogP contribution in [-0.4, -0.2) is 49.6 Å². The normalized spacial score (nSPS) is 15.7. The van der Waals surface area contributed by atoms with Gasteiger partial charge in [0.25, 0.3) is 0 Å². The highest BCUT2D eigenvalue weighted by Crippen LogP contribution is 2.11. The molecule has 2 amide bonds. The number of hydrogen-bond donors (Lipinski definition) is 1. The number of amides is 2. The molecule has 5 heteroatoms. The minimum absolute atomic E-state index is 0.0808. The summed E-state index contributed by atoms with van der Waals surface area (Å²) in [5.41, 5.74) is 0. The third-order valence-corrected chi connectivity index (χ3v) is 2.79. The number of methoxy groups -OCH3 is 1. The molecule has 106 valence electrons. The second-order valence-corrected chi connectivity index (χ2v) is 4.01. The SMILES string of the molecule is CC.CCC(=O)N1CCC(NC(=O)COC)CC1. The molecule has 0 aromatic rings. The molecule has 5 nitrogen and oxygen atoms in total. The maximum Gasteiger partial charge on any atom is 0.246 e. The Hall–Kier alpha value is -1.10. The van der Waals surface area contributed by atoms with E-state index in [4.69, 9.17) is 4.74 Å². The third kappa shape index (κ3) is 6.00. The van der Waals surface area contributed by atoms with Crippen molar-refractivity contribution in [2.24, 2.45) is 0 Å². The lowest BCUT2D eigenvalue weighted by atomic mass is 10.0. The number of ether oxygens (including phenoxy) is 1. The van der Waals surface area contributed by atoms with Gasteiger partial charge in [-0.05, 0) is 12.8 Å². The molecule has 1 aliphatic rings. The molecule has 0 aliphatic carbocycles. The summed E-state index contributed by atoms with van der Waals surface area (Å²) in [6.07, 6.45) is 2.23. The Morgan fingerprint density at radius 2 is 1.83 bits per heavy atom. The summed E-state index contributed by atoms with van der Waals surface area (Å²) >= 11 is 0. The zero-order chi connectivity index (χ0) is 14.0. The molecular weight excluding hydrogens is 232 g/mol. The van der Waals surface area contributed by atoms with E-state index < -0.39 is 0 Å². The molecule has 0 aromatic heterocycles. The van der Waals surface area contributed by atoms with E-state index >= 15 is 0 Å². The summed E-state index contributed by atoms with van der Waals surface area (Å²) in [6.45, 7) is 7.46. The second-order valence-electron chi connectivity index (χ2n) is 4.01. The molecule has 1 fully saturated rings. The highest BCUT2D eigenvalue weighted by molar-refractivity contribution is 5.78. The summed E-state index contributed by atoms with van der Waals surface area (Å²) in [7, 11) is 1.50. The van der Waals surface area contributed by atoms with Crippen molar-refractivity contribution in [1.82, 2.24) is 10.2 Å². The van der Waals surface area contributed by atoms with Crippen molar-refractivity contribution in [1.29, 1.82) is 0 Å². The maximum absolute atomic E-state index is 11.4. The van der Waals surface area contributed by atoms with Gasteiger partial charge in [-0.25, -0.2) is 0 Å². The minimum atomic E-state index is -0.0808. The van der Waals surface area contributed by atoms with Crippen molar-refractivity contribution in [3.8, 4) is 0 Å². The lowest BCUT2D eigenvalue weighted by molar-refractivity contribution is -0.132. The summed E-state index contributed by atoms with van der Waals surface area (Å²) in [4.78, 5) is 24.5. The lowest BCUT2D eigenvalue weighted by Gasteiger charge is -2.32. The predicted molar refractivity (Wildman–Crippen MR) is 71.3 cm³/mol. The van der Waals surface area contributed by atoms with Crippen LogP contribution in [0.5, 0.6) is 0 Å². The van der Waals surface area contributed by atoms with Crippen LogP contribution >= 0.6 is 0 Å². The van der Waals surface area contributed by atoms with Crippen molar-refractivity contribution in [2.75, 3.05) is 26.8 Å². The molecule has 0 radical (unpaired) electrons. The first-order chi connectivity index (χ1) is 8.67. The Morgan fingerprint density at radius 1 is 1.28 bits per heavy atom. The maximum atomic E-state index is 11.4. The average Bonchev–Trinajstić information content (AvgIpc) is 2.41. The van der Waals surface area contributed by atoms with Crippen LogP contribution in [0.4, 0.5) is 0 Å². The van der Waals surface area contributed by atoms with Crippen molar-refractivity contribution in [3.63, 3.8) is 0 Å². The second kappa shape index (κ2) is 9.88. The minimum Gasteiger partial charge on any atom is -0.375 e. The molecular formula is C13H26N2O3. The molecule has 0 bridgehead atoms. The van der Waals surface area contributed by atoms with Gasteiger partial charge < -0.3 is 15.0 Å². The number of hydrogen-bond acceptors (Lipinski definition) is 3. The van der Waals surface area contributed by atoms with Crippen LogP contribution in [0.25, 0.3) is 0 Å². The first kappa shape index (κ1) is 16.9. The van der Waals surface area contributed by atoms with Gasteiger partial charge in [0.05, 0.1) is 0 Å². The topological polar surface area (TPSA) is 58.6 Å². The van der Waals surface area contributed by atoms with E-state index in [0.29, 0.717) is 6.42 Å². The van der Waals surface area contributed by atoms with Gasteiger partial charge in [-0.1, -0.05) is 20.8 Å². The quantitative estimate of drug-likeness (QED) is 0.823. The Kier molecular flexibility index (Phi) is 9.28. The molecule has 1 saturated heterocycles. The largest absolute Gasteiger partial charge is 0.375 e. The van der Waals surface area contributed by atoms with E-state index in [-0.39, 0.29) is 24.5 Å². The van der Waals surface area contributed by atoms with Crippen LogP contribution in [0.1, 0.15) is 40.0 Å². The number of piperidine rings is 1. The van der Waals surface area contributed by atoms with Crippen LogP contribution in [0, 0.1) is 0 Å². The van der Waals surface area contributed by atoms with Gasteiger partial charge in [-0.2, -0.15) is 0 Å². The first-order valence-corrected chi connectivity index (χ1v) is 6.73. The Bertz CT molecular complexity index is 249. The number of nitrogens with zero attached hydrogens (tertiary/aromatic N) is 1. The number of carbonyl (C=O) groups is 2. The van der Waals surface area contributed by atoms with E-state index in [1.165, 1.54) is 7.11 Å². The third-order valence-electron chi connectivity index (χ3n) is 2.79. The molecule has 1 rings (SSSR count). The molecule has 0 unspecified atom stereocenters. The molecule has 0 aromatic carbocycles. The van der Waals surface area contributed by atoms with Crippen molar-refractivity contribution >= 4 is 11.8 Å². The Morgan fingerprint density at radius 3 is 2.28 bits per heavy atom. The molecule has 0 atom stereocenters. The van der Waals surface area contributed by atoms with Gasteiger partial charge in [0.1, 0.15) is 6.61 Å². The zero-order valence-electron chi connectivity index (χ0n) is 12.0. The summed E-state index contributed by atoms with van der Waals surface area (Å²) in [5, 5.41) is 2.90. The van der Waals surface area contributed by atoms with Crippen LogP contribution in [-0.2, 0) is 14.3 Å². The van der Waals surface area contributed by atoms with E-state index in [0.717, 1.165) is 25.9 Å². The van der Waals surface area contributed by atoms with Crippen LogP contribution in [0.15, 0.2) is 0 Å². The molecule has 1 heterocycles. The standard InChI is InChI=1S/C11H20N2O3.C2H6/c1-3-11(15)13-6-4-9(5-7-13)12-10(14)8-16-2;1-2/h9H,3-8H2,1-2H3,(H,12,14);1-2H3. The Balaban J connectivity index is 0.00000137. The predicted octanol–water partition coefficient (Wildman–Crippen LogP) is 1.18. The fourth-order valence-electron chi connectivity index (χ4n) is 1.90. The van der Waals surface area contributed by atoms with Gasteiger partial charge in [0.15, 0.2) is 0 Å². The van der Waals surface area contributed by atoms with Crippen LogP contribution in [0.2, 0.25) is 0 Å². The molecule has 1 N–H and O–H groups in total. The number of carbonyl (C=O) groups excluding carboxylic acids is 2. The summed E-state index contributed by atoms with van der Waals surface area (Å²) in [5.74, 6) is 0.115. The van der Waals surface area contributed by atoms with E-state index in [1.807, 2.05) is 25.7 Å². The van der Waals surface area contributed by atoms with Crippen LogP contribution in [0.3, 0.4) is 0 Å². The van der Waals surface area contributed by atoms with Crippen LogP contribution < -0.4 is 5.32 Å². The van der Waals surface area contributed by atoms with E-state index in [9.17, 15) is 9.59 Å². The number of rotatable bonds is 4. The highest BCUT2D eigenvalue weighted by Gasteiger charge is 2.22. The fourth-order valence-corrected chi connectivity index (χ4v) is 1.90. The van der Waals surface area contributed by atoms with Gasteiger partial charge in [0.2, 0.25) is 11.8 Å². The average molecular weight is 258 g/mol. The summed E-state index contributed by atoms with van der Waals surface area (Å²) in [6, 6.07) is 0.184. The van der Waals surface area contributed by atoms with Crippen molar-refractivity contribution < 1.29 is 14.3 Å². The van der Waals surface area contributed by atoms with Crippen molar-refractivity contribution in [2.45, 2.75) is 46.1 Å². The van der Waals surface area contributed by atoms with Gasteiger partial charge in [0, 0.05) is 32.7 Å². The summed E-state index contributed by atoms with van der Waals surface area (Å²) < 4.78 is 4.75. The fraction of sp³-hybridized carbons (Fsp3) is 0.846. The highest BCUT2D eigenvalue weighted by atomic mass is 16.5. The number of nitrogens with one attached hydrogen (secondary N) is 1. The van der Waals surface area contributed by atoms with Gasteiger partial charge in [-0.3, -0.25) is 9.59 Å². The van der Waals surface area contributed by atoms with E-state index in [2.05, 4.69) is 5.32 Å². The molecule has 1 aliphatic heterocycles. The monoisotopic (exact) mass is 258 g/mol.